The topological polar surface area (TPSA) is 84.9 Å². The molecule has 1 aliphatic rings. The van der Waals surface area contributed by atoms with Crippen molar-refractivity contribution >= 4 is 57.1 Å². The molecule has 0 aliphatic carbocycles. The standard InChI is InChI=1S/C26H20BrClN2O5/c1-15-4-3-5-16(10-15)14-35-23-21(27)12-17(13-22(23)34-2)11-20-24(31)29-26(33)30(25(20)32)19-8-6-18(28)7-9-19/h3-13H,14H2,1-2H3,(H,29,31,33)/b20-11+. The zero-order valence-electron chi connectivity index (χ0n) is 18.8. The van der Waals surface area contributed by atoms with E-state index in [1.165, 1.54) is 25.3 Å². The molecule has 35 heavy (non-hydrogen) atoms. The molecule has 7 nitrogen and oxygen atoms in total. The summed E-state index contributed by atoms with van der Waals surface area (Å²) in [5.41, 5.74) is 2.71. The fourth-order valence-electron chi connectivity index (χ4n) is 3.57. The van der Waals surface area contributed by atoms with Crippen molar-refractivity contribution in [2.75, 3.05) is 12.0 Å². The molecule has 0 unspecified atom stereocenters. The maximum absolute atomic E-state index is 13.1. The Bertz CT molecular complexity index is 1350. The van der Waals surface area contributed by atoms with Crippen molar-refractivity contribution in [2.45, 2.75) is 13.5 Å². The SMILES string of the molecule is COc1cc(/C=C2\C(=O)NC(=O)N(c3ccc(Cl)cc3)C2=O)cc(Br)c1OCc1cccc(C)c1. The summed E-state index contributed by atoms with van der Waals surface area (Å²) in [6.07, 6.45) is 1.39. The lowest BCUT2D eigenvalue weighted by Gasteiger charge is -2.26. The summed E-state index contributed by atoms with van der Waals surface area (Å²) in [6, 6.07) is 16.6. The first kappa shape index (κ1) is 24.5. The van der Waals surface area contributed by atoms with Crippen LogP contribution in [0, 0.1) is 6.92 Å². The highest BCUT2D eigenvalue weighted by atomic mass is 79.9. The van der Waals surface area contributed by atoms with E-state index in [1.807, 2.05) is 31.2 Å². The highest BCUT2D eigenvalue weighted by Gasteiger charge is 2.36. The van der Waals surface area contributed by atoms with Crippen LogP contribution in [0.15, 0.2) is 70.7 Å². The number of benzene rings is 3. The highest BCUT2D eigenvalue weighted by Crippen LogP contribution is 2.38. The Morgan fingerprint density at radius 3 is 2.49 bits per heavy atom. The van der Waals surface area contributed by atoms with Crippen molar-refractivity contribution in [3.8, 4) is 11.5 Å². The van der Waals surface area contributed by atoms with Gasteiger partial charge in [0.2, 0.25) is 0 Å². The van der Waals surface area contributed by atoms with Crippen LogP contribution in [0.2, 0.25) is 5.02 Å². The van der Waals surface area contributed by atoms with E-state index < -0.39 is 17.8 Å². The predicted octanol–water partition coefficient (Wildman–Crippen LogP) is 5.66. The highest BCUT2D eigenvalue weighted by molar-refractivity contribution is 9.10. The Hall–Kier alpha value is -3.62. The van der Waals surface area contributed by atoms with Gasteiger partial charge in [-0.25, -0.2) is 9.69 Å². The van der Waals surface area contributed by atoms with Crippen molar-refractivity contribution < 1.29 is 23.9 Å². The summed E-state index contributed by atoms with van der Waals surface area (Å²) in [4.78, 5) is 38.9. The van der Waals surface area contributed by atoms with Crippen molar-refractivity contribution in [3.63, 3.8) is 0 Å². The predicted molar refractivity (Wildman–Crippen MR) is 137 cm³/mol. The van der Waals surface area contributed by atoms with E-state index in [0.29, 0.717) is 33.2 Å². The summed E-state index contributed by atoms with van der Waals surface area (Å²) in [7, 11) is 1.50. The van der Waals surface area contributed by atoms with Crippen molar-refractivity contribution in [1.29, 1.82) is 0 Å². The first-order valence-electron chi connectivity index (χ1n) is 10.5. The van der Waals surface area contributed by atoms with Gasteiger partial charge in [-0.15, -0.1) is 0 Å². The van der Waals surface area contributed by atoms with Gasteiger partial charge in [-0.05, 0) is 76.5 Å². The smallest absolute Gasteiger partial charge is 0.335 e. The number of rotatable bonds is 6. The van der Waals surface area contributed by atoms with Crippen LogP contribution < -0.4 is 19.7 Å². The van der Waals surface area contributed by atoms with Gasteiger partial charge in [-0.1, -0.05) is 41.4 Å². The molecule has 3 aromatic rings. The van der Waals surface area contributed by atoms with Crippen LogP contribution >= 0.6 is 27.5 Å². The molecule has 9 heteroatoms. The second kappa shape index (κ2) is 10.3. The second-order valence-corrected chi connectivity index (χ2v) is 9.04. The molecule has 4 rings (SSSR count). The number of ether oxygens (including phenoxy) is 2. The average molecular weight is 556 g/mol. The van der Waals surface area contributed by atoms with Crippen LogP contribution in [0.1, 0.15) is 16.7 Å². The van der Waals surface area contributed by atoms with Gasteiger partial charge in [0.15, 0.2) is 11.5 Å². The van der Waals surface area contributed by atoms with Crippen LogP contribution in [-0.2, 0) is 16.2 Å². The Kier molecular flexibility index (Phi) is 7.23. The third kappa shape index (κ3) is 5.39. The van der Waals surface area contributed by atoms with Crippen molar-refractivity contribution in [1.82, 2.24) is 5.32 Å². The van der Waals surface area contributed by atoms with Crippen LogP contribution in [0.5, 0.6) is 11.5 Å². The lowest BCUT2D eigenvalue weighted by atomic mass is 10.1. The van der Waals surface area contributed by atoms with E-state index in [2.05, 4.69) is 21.2 Å². The number of amides is 4. The van der Waals surface area contributed by atoms with E-state index in [0.717, 1.165) is 16.0 Å². The number of hydrogen-bond donors (Lipinski definition) is 1. The molecule has 1 N–H and O–H groups in total. The summed E-state index contributed by atoms with van der Waals surface area (Å²) < 4.78 is 12.1. The molecule has 0 aromatic heterocycles. The van der Waals surface area contributed by atoms with Gasteiger partial charge in [0.1, 0.15) is 12.2 Å². The number of nitrogens with zero attached hydrogens (tertiary/aromatic N) is 1. The number of carbonyl (C=O) groups is 3. The Labute approximate surface area is 215 Å². The van der Waals surface area contributed by atoms with Crippen LogP contribution in [-0.4, -0.2) is 25.0 Å². The Morgan fingerprint density at radius 1 is 1.06 bits per heavy atom. The molecule has 0 radical (unpaired) electrons. The first-order chi connectivity index (χ1) is 16.8. The Balaban J connectivity index is 1.64. The van der Waals surface area contributed by atoms with Gasteiger partial charge < -0.3 is 9.47 Å². The molecule has 3 aromatic carbocycles. The maximum Gasteiger partial charge on any atom is 0.335 e. The summed E-state index contributed by atoms with van der Waals surface area (Å²) in [5, 5.41) is 2.65. The molecule has 1 saturated heterocycles. The third-order valence-corrected chi connectivity index (χ3v) is 6.06. The normalized spacial score (nSPS) is 14.8. The van der Waals surface area contributed by atoms with Crippen LogP contribution in [0.3, 0.4) is 0 Å². The Morgan fingerprint density at radius 2 is 1.80 bits per heavy atom. The number of halogens is 2. The molecule has 0 atom stereocenters. The number of imide groups is 2. The zero-order chi connectivity index (χ0) is 25.1. The van der Waals surface area contributed by atoms with E-state index in [9.17, 15) is 14.4 Å². The number of barbiturate groups is 1. The number of aryl methyl sites for hydroxylation is 1. The molecule has 1 aliphatic heterocycles. The number of methoxy groups -OCH3 is 1. The van der Waals surface area contributed by atoms with Crippen molar-refractivity contribution in [2.24, 2.45) is 0 Å². The molecule has 0 bridgehead atoms. The van der Waals surface area contributed by atoms with Crippen LogP contribution in [0.4, 0.5) is 10.5 Å². The van der Waals surface area contributed by atoms with Crippen molar-refractivity contribution in [3.05, 3.63) is 92.4 Å². The molecule has 0 spiro atoms. The number of hydrogen-bond acceptors (Lipinski definition) is 5. The molecule has 178 valence electrons. The quantitative estimate of drug-likeness (QED) is 0.313. The van der Waals surface area contributed by atoms with E-state index >= 15 is 0 Å². The summed E-state index contributed by atoms with van der Waals surface area (Å²) in [5.74, 6) is -0.655. The van der Waals surface area contributed by atoms with Crippen LogP contribution in [0.25, 0.3) is 6.08 Å². The molecule has 4 amide bonds. The second-order valence-electron chi connectivity index (χ2n) is 7.75. The zero-order valence-corrected chi connectivity index (χ0v) is 21.1. The minimum absolute atomic E-state index is 0.207. The summed E-state index contributed by atoms with van der Waals surface area (Å²) >= 11 is 9.40. The largest absolute Gasteiger partial charge is 0.493 e. The van der Waals surface area contributed by atoms with Gasteiger partial charge in [0, 0.05) is 5.02 Å². The van der Waals surface area contributed by atoms with Gasteiger partial charge in [0.05, 0.1) is 17.3 Å². The molecule has 1 fully saturated rings. The first-order valence-corrected chi connectivity index (χ1v) is 11.7. The number of urea groups is 1. The molecule has 1 heterocycles. The summed E-state index contributed by atoms with van der Waals surface area (Å²) in [6.45, 7) is 2.34. The number of nitrogens with one attached hydrogen (secondary N) is 1. The van der Waals surface area contributed by atoms with Gasteiger partial charge >= 0.3 is 6.03 Å². The van der Waals surface area contributed by atoms with E-state index in [1.54, 1.807) is 24.3 Å². The van der Waals surface area contributed by atoms with Gasteiger partial charge in [-0.3, -0.25) is 14.9 Å². The lowest BCUT2D eigenvalue weighted by molar-refractivity contribution is -0.122. The van der Waals surface area contributed by atoms with Gasteiger partial charge in [0.25, 0.3) is 11.8 Å². The lowest BCUT2D eigenvalue weighted by Crippen LogP contribution is -2.54. The van der Waals surface area contributed by atoms with E-state index in [4.69, 9.17) is 21.1 Å². The van der Waals surface area contributed by atoms with E-state index in [-0.39, 0.29) is 11.3 Å². The minimum atomic E-state index is -0.835. The fraction of sp³-hybridized carbons (Fsp3) is 0.115. The molecule has 0 saturated carbocycles. The van der Waals surface area contributed by atoms with Gasteiger partial charge in [-0.2, -0.15) is 0 Å². The number of carbonyl (C=O) groups excluding carboxylic acids is 3. The fourth-order valence-corrected chi connectivity index (χ4v) is 4.27. The monoisotopic (exact) mass is 554 g/mol. The maximum atomic E-state index is 13.1. The number of anilines is 1. The third-order valence-electron chi connectivity index (χ3n) is 5.21. The molecular weight excluding hydrogens is 536 g/mol. The average Bonchev–Trinajstić information content (AvgIpc) is 2.82. The minimum Gasteiger partial charge on any atom is -0.493 e. The molecular formula is C26H20BrClN2O5.